The van der Waals surface area contributed by atoms with Crippen LogP contribution in [0.5, 0.6) is 11.5 Å². The third kappa shape index (κ3) is 4.03. The molecule has 8 nitrogen and oxygen atoms in total. The van der Waals surface area contributed by atoms with Crippen molar-refractivity contribution in [2.75, 3.05) is 18.6 Å². The molecule has 0 aliphatic carbocycles. The van der Waals surface area contributed by atoms with Crippen molar-refractivity contribution in [1.29, 1.82) is 0 Å². The maximum absolute atomic E-state index is 14.0. The number of aromatic nitrogens is 2. The molecule has 0 radical (unpaired) electrons. The predicted octanol–water partition coefficient (Wildman–Crippen LogP) is 4.97. The van der Waals surface area contributed by atoms with E-state index in [-0.39, 0.29) is 22.3 Å². The number of anilines is 1. The van der Waals surface area contributed by atoms with Crippen LogP contribution >= 0.6 is 11.3 Å². The number of benzene rings is 2. The van der Waals surface area contributed by atoms with Crippen molar-refractivity contribution in [1.82, 2.24) is 10.2 Å². The van der Waals surface area contributed by atoms with E-state index < -0.39 is 23.2 Å². The van der Waals surface area contributed by atoms with E-state index in [0.717, 1.165) is 23.8 Å². The summed E-state index contributed by atoms with van der Waals surface area (Å²) in [6.45, 7) is 4.75. The molecule has 10 heteroatoms. The molecule has 1 aliphatic rings. The van der Waals surface area contributed by atoms with Crippen LogP contribution in [0.2, 0.25) is 0 Å². The zero-order valence-electron chi connectivity index (χ0n) is 19.3. The molecule has 0 saturated carbocycles. The summed E-state index contributed by atoms with van der Waals surface area (Å²) in [4.78, 5) is 28.4. The van der Waals surface area contributed by atoms with Crippen molar-refractivity contribution in [2.24, 2.45) is 5.92 Å². The minimum absolute atomic E-state index is 0.0567. The Labute approximate surface area is 203 Å². The summed E-state index contributed by atoms with van der Waals surface area (Å²) in [5.41, 5.74) is 1.84. The standard InChI is InChI=1S/C25H22FN3O5S/c1-13(2)8-9-33-18-6-4-14(10-19(18)32-3)21-20-22(30)16-11-15(26)5-7-17(16)34-23(20)24(31)29(21)25-28-27-12-35-25/h4-7,10-13,21H,8-9H2,1-3H3. The molecule has 5 rings (SSSR count). The van der Waals surface area contributed by atoms with Crippen LogP contribution in [0, 0.1) is 11.7 Å². The number of halogens is 1. The quantitative estimate of drug-likeness (QED) is 0.357. The van der Waals surface area contributed by atoms with Gasteiger partial charge in [-0.3, -0.25) is 14.5 Å². The Balaban J connectivity index is 1.67. The third-order valence-electron chi connectivity index (χ3n) is 5.84. The number of hydrogen-bond donors (Lipinski definition) is 0. The number of rotatable bonds is 7. The zero-order chi connectivity index (χ0) is 24.7. The van der Waals surface area contributed by atoms with Gasteiger partial charge in [-0.1, -0.05) is 31.3 Å². The van der Waals surface area contributed by atoms with Crippen molar-refractivity contribution in [3.8, 4) is 11.5 Å². The monoisotopic (exact) mass is 495 g/mol. The average Bonchev–Trinajstić information content (AvgIpc) is 3.46. The third-order valence-corrected chi connectivity index (χ3v) is 6.53. The lowest BCUT2D eigenvalue weighted by Crippen LogP contribution is -2.29. The number of carbonyl (C=O) groups excluding carboxylic acids is 1. The summed E-state index contributed by atoms with van der Waals surface area (Å²) < 4.78 is 31.2. The number of nitrogens with zero attached hydrogens (tertiary/aromatic N) is 3. The average molecular weight is 496 g/mol. The molecular weight excluding hydrogens is 473 g/mol. The van der Waals surface area contributed by atoms with Crippen molar-refractivity contribution in [2.45, 2.75) is 26.3 Å². The Morgan fingerprint density at radius 2 is 2.00 bits per heavy atom. The molecule has 0 N–H and O–H groups in total. The Hall–Kier alpha value is -3.79. The topological polar surface area (TPSA) is 94.8 Å². The van der Waals surface area contributed by atoms with E-state index in [1.165, 1.54) is 29.7 Å². The second kappa shape index (κ2) is 9.10. The second-order valence-corrected chi connectivity index (χ2v) is 9.37. The van der Waals surface area contributed by atoms with Crippen molar-refractivity contribution in [3.05, 3.63) is 74.8 Å². The molecule has 0 saturated heterocycles. The van der Waals surface area contributed by atoms with E-state index in [4.69, 9.17) is 13.9 Å². The van der Waals surface area contributed by atoms with E-state index in [2.05, 4.69) is 24.0 Å². The van der Waals surface area contributed by atoms with Crippen LogP contribution in [0.1, 0.15) is 48.0 Å². The van der Waals surface area contributed by atoms with Crippen LogP contribution in [-0.4, -0.2) is 29.8 Å². The van der Waals surface area contributed by atoms with Crippen LogP contribution in [0.25, 0.3) is 11.0 Å². The van der Waals surface area contributed by atoms with Gasteiger partial charge in [-0.2, -0.15) is 0 Å². The van der Waals surface area contributed by atoms with E-state index in [1.54, 1.807) is 18.2 Å². The summed E-state index contributed by atoms with van der Waals surface area (Å²) in [7, 11) is 1.52. The van der Waals surface area contributed by atoms with Gasteiger partial charge in [0.15, 0.2) is 16.9 Å². The second-order valence-electron chi connectivity index (χ2n) is 8.55. The van der Waals surface area contributed by atoms with E-state index in [9.17, 15) is 14.0 Å². The van der Waals surface area contributed by atoms with Gasteiger partial charge in [0.25, 0.3) is 5.91 Å². The fourth-order valence-electron chi connectivity index (χ4n) is 4.11. The Morgan fingerprint density at radius 3 is 2.71 bits per heavy atom. The van der Waals surface area contributed by atoms with Gasteiger partial charge in [-0.05, 0) is 48.2 Å². The maximum atomic E-state index is 14.0. The fourth-order valence-corrected chi connectivity index (χ4v) is 4.69. The summed E-state index contributed by atoms with van der Waals surface area (Å²) in [5, 5.41) is 8.26. The summed E-state index contributed by atoms with van der Waals surface area (Å²) in [6.07, 6.45) is 0.880. The molecule has 1 unspecified atom stereocenters. The molecule has 1 atom stereocenters. The maximum Gasteiger partial charge on any atom is 0.297 e. The van der Waals surface area contributed by atoms with Gasteiger partial charge in [0.1, 0.15) is 16.9 Å². The fraction of sp³-hybridized carbons (Fsp3) is 0.280. The molecule has 0 bridgehead atoms. The first-order valence-electron chi connectivity index (χ1n) is 11.1. The molecule has 180 valence electrons. The normalized spacial score (nSPS) is 15.2. The van der Waals surface area contributed by atoms with Crippen molar-refractivity contribution >= 4 is 33.3 Å². The molecule has 2 aromatic carbocycles. The van der Waals surface area contributed by atoms with Crippen LogP contribution in [0.3, 0.4) is 0 Å². The highest BCUT2D eigenvalue weighted by Crippen LogP contribution is 2.43. The molecule has 1 amide bonds. The largest absolute Gasteiger partial charge is 0.493 e. The van der Waals surface area contributed by atoms with E-state index in [0.29, 0.717) is 34.7 Å². The molecule has 3 heterocycles. The highest BCUT2D eigenvalue weighted by Gasteiger charge is 2.45. The lowest BCUT2D eigenvalue weighted by atomic mass is 9.98. The van der Waals surface area contributed by atoms with Gasteiger partial charge in [0, 0.05) is 0 Å². The van der Waals surface area contributed by atoms with Gasteiger partial charge >= 0.3 is 0 Å². The van der Waals surface area contributed by atoms with Gasteiger partial charge < -0.3 is 13.9 Å². The first-order valence-corrected chi connectivity index (χ1v) is 11.9. The highest BCUT2D eigenvalue weighted by molar-refractivity contribution is 7.13. The van der Waals surface area contributed by atoms with Crippen LogP contribution in [0.4, 0.5) is 9.52 Å². The minimum atomic E-state index is -0.868. The van der Waals surface area contributed by atoms with Gasteiger partial charge in [-0.15, -0.1) is 10.2 Å². The Bertz CT molecular complexity index is 1470. The van der Waals surface area contributed by atoms with Crippen LogP contribution in [-0.2, 0) is 0 Å². The lowest BCUT2D eigenvalue weighted by molar-refractivity contribution is 0.0970. The lowest BCUT2D eigenvalue weighted by Gasteiger charge is -2.23. The van der Waals surface area contributed by atoms with E-state index in [1.807, 2.05) is 0 Å². The predicted molar refractivity (Wildman–Crippen MR) is 129 cm³/mol. The molecule has 2 aromatic heterocycles. The van der Waals surface area contributed by atoms with Crippen molar-refractivity contribution in [3.63, 3.8) is 0 Å². The Kier molecular flexibility index (Phi) is 5.98. The number of methoxy groups -OCH3 is 1. The van der Waals surface area contributed by atoms with Crippen LogP contribution < -0.4 is 19.8 Å². The molecule has 0 fully saturated rings. The number of ether oxygens (including phenoxy) is 2. The van der Waals surface area contributed by atoms with Gasteiger partial charge in [0.05, 0.1) is 30.7 Å². The molecule has 1 aliphatic heterocycles. The number of fused-ring (bicyclic) bond motifs is 2. The SMILES string of the molecule is COc1cc(C2c3c(oc4ccc(F)cc4c3=O)C(=O)N2c2nncs2)ccc1OCCC(C)C. The van der Waals surface area contributed by atoms with Crippen molar-refractivity contribution < 1.29 is 23.1 Å². The Morgan fingerprint density at radius 1 is 1.17 bits per heavy atom. The summed E-state index contributed by atoms with van der Waals surface area (Å²) >= 11 is 1.16. The van der Waals surface area contributed by atoms with E-state index >= 15 is 0 Å². The zero-order valence-corrected chi connectivity index (χ0v) is 20.1. The number of carbonyl (C=O) groups is 1. The molecular formula is C25H22FN3O5S. The molecule has 0 spiro atoms. The first kappa shape index (κ1) is 23.0. The molecule has 35 heavy (non-hydrogen) atoms. The number of hydrogen-bond acceptors (Lipinski definition) is 8. The first-order chi connectivity index (χ1) is 16.9. The summed E-state index contributed by atoms with van der Waals surface area (Å²) in [6, 6.07) is 8.01. The smallest absolute Gasteiger partial charge is 0.297 e. The van der Waals surface area contributed by atoms with Crippen LogP contribution in [0.15, 0.2) is 51.1 Å². The number of amides is 1. The highest BCUT2D eigenvalue weighted by atomic mass is 32.1. The minimum Gasteiger partial charge on any atom is -0.493 e. The van der Waals surface area contributed by atoms with Gasteiger partial charge in [0.2, 0.25) is 10.9 Å². The van der Waals surface area contributed by atoms with Gasteiger partial charge in [-0.25, -0.2) is 4.39 Å². The molecule has 4 aromatic rings. The summed E-state index contributed by atoms with van der Waals surface area (Å²) in [5.74, 6) is 0.292.